The van der Waals surface area contributed by atoms with E-state index in [2.05, 4.69) is 10.0 Å². The van der Waals surface area contributed by atoms with E-state index in [1.54, 1.807) is 20.1 Å². The third-order valence-electron chi connectivity index (χ3n) is 5.24. The molecule has 0 radical (unpaired) electrons. The van der Waals surface area contributed by atoms with Gasteiger partial charge < -0.3 is 15.0 Å². The molecule has 2 N–H and O–H groups in total. The topological polar surface area (TPSA) is 87.7 Å². The average Bonchev–Trinajstić information content (AvgIpc) is 3.51. The molecule has 0 bridgehead atoms. The van der Waals surface area contributed by atoms with Crippen molar-refractivity contribution in [3.8, 4) is 5.75 Å². The number of hydrogen-bond donors (Lipinski definition) is 2. The second-order valence-electron chi connectivity index (χ2n) is 7.80. The number of nitrogens with one attached hydrogen (secondary N) is 2. The zero-order valence-electron chi connectivity index (χ0n) is 17.8. The van der Waals surface area contributed by atoms with Crippen LogP contribution in [-0.2, 0) is 10.0 Å². The van der Waals surface area contributed by atoms with Gasteiger partial charge in [-0.2, -0.15) is 0 Å². The number of amides is 1. The molecule has 1 atom stereocenters. The van der Waals surface area contributed by atoms with Crippen molar-refractivity contribution in [2.24, 2.45) is 0 Å². The highest BCUT2D eigenvalue weighted by atomic mass is 32.2. The van der Waals surface area contributed by atoms with Crippen LogP contribution < -0.4 is 14.8 Å². The van der Waals surface area contributed by atoms with Gasteiger partial charge in [0.1, 0.15) is 5.75 Å². The Kier molecular flexibility index (Phi) is 6.80. The van der Waals surface area contributed by atoms with Gasteiger partial charge >= 0.3 is 0 Å². The van der Waals surface area contributed by atoms with E-state index in [9.17, 15) is 13.2 Å². The van der Waals surface area contributed by atoms with Crippen molar-refractivity contribution >= 4 is 15.9 Å². The van der Waals surface area contributed by atoms with Gasteiger partial charge in [0.25, 0.3) is 5.91 Å². The van der Waals surface area contributed by atoms with Gasteiger partial charge in [0.2, 0.25) is 10.0 Å². The lowest BCUT2D eigenvalue weighted by molar-refractivity contribution is 0.0940. The number of carbonyl (C=O) groups excluding carboxylic acids is 1. The zero-order chi connectivity index (χ0) is 21.9. The Bertz CT molecular complexity index is 1020. The fraction of sp³-hybridized carbons (Fsp3) is 0.409. The van der Waals surface area contributed by atoms with Gasteiger partial charge in [-0.1, -0.05) is 24.3 Å². The van der Waals surface area contributed by atoms with E-state index < -0.39 is 10.0 Å². The predicted molar refractivity (Wildman–Crippen MR) is 116 cm³/mol. The molecule has 1 amide bonds. The van der Waals surface area contributed by atoms with Gasteiger partial charge in [-0.05, 0) is 57.6 Å². The Labute approximate surface area is 178 Å². The molecule has 1 saturated carbocycles. The molecule has 0 aromatic heterocycles. The maximum Gasteiger partial charge on any atom is 0.251 e. The molecule has 30 heavy (non-hydrogen) atoms. The highest BCUT2D eigenvalue weighted by Crippen LogP contribution is 2.28. The second-order valence-corrected chi connectivity index (χ2v) is 9.52. The second kappa shape index (κ2) is 9.16. The monoisotopic (exact) mass is 431 g/mol. The van der Waals surface area contributed by atoms with Crippen molar-refractivity contribution < 1.29 is 17.9 Å². The number of aryl methyl sites for hydroxylation is 1. The lowest BCUT2D eigenvalue weighted by Gasteiger charge is -2.26. The number of ether oxygens (including phenoxy) is 1. The molecule has 1 aliphatic rings. The van der Waals surface area contributed by atoms with E-state index in [0.29, 0.717) is 12.1 Å². The molecule has 1 unspecified atom stereocenters. The number of para-hydroxylation sites is 1. The predicted octanol–water partition coefficient (Wildman–Crippen LogP) is 2.48. The fourth-order valence-corrected chi connectivity index (χ4v) is 4.63. The minimum Gasteiger partial charge on any atom is -0.496 e. The van der Waals surface area contributed by atoms with Gasteiger partial charge in [0.05, 0.1) is 18.0 Å². The van der Waals surface area contributed by atoms with Gasteiger partial charge in [-0.25, -0.2) is 13.1 Å². The highest BCUT2D eigenvalue weighted by Gasteiger charge is 2.28. The summed E-state index contributed by atoms with van der Waals surface area (Å²) in [5, 5.41) is 2.95. The normalized spacial score (nSPS) is 15.1. The van der Waals surface area contributed by atoms with Gasteiger partial charge in [-0.3, -0.25) is 4.79 Å². The SMILES string of the molecule is COc1ccccc1C(CNC(=O)c1cc(S(=O)(=O)NC2CC2)ccc1C)N(C)C. The minimum absolute atomic E-state index is 0.00952. The molecule has 3 rings (SSSR count). The summed E-state index contributed by atoms with van der Waals surface area (Å²) in [5.41, 5.74) is 2.04. The average molecular weight is 432 g/mol. The summed E-state index contributed by atoms with van der Waals surface area (Å²) in [6.07, 6.45) is 1.71. The van der Waals surface area contributed by atoms with Gasteiger partial charge in [-0.15, -0.1) is 0 Å². The van der Waals surface area contributed by atoms with Crippen LogP contribution in [0, 0.1) is 6.92 Å². The molecule has 7 nitrogen and oxygen atoms in total. The van der Waals surface area contributed by atoms with Crippen LogP contribution >= 0.6 is 0 Å². The van der Waals surface area contributed by atoms with Crippen molar-refractivity contribution in [1.29, 1.82) is 0 Å². The lowest BCUT2D eigenvalue weighted by Crippen LogP contribution is -2.35. The molecule has 0 spiro atoms. The lowest BCUT2D eigenvalue weighted by atomic mass is 10.0. The van der Waals surface area contributed by atoms with Crippen LogP contribution in [0.3, 0.4) is 0 Å². The molecular formula is C22H29N3O4S. The Hall–Kier alpha value is -2.42. The number of rotatable bonds is 9. The minimum atomic E-state index is -3.62. The van der Waals surface area contributed by atoms with Crippen molar-refractivity contribution in [1.82, 2.24) is 14.9 Å². The zero-order valence-corrected chi connectivity index (χ0v) is 18.6. The molecule has 1 aliphatic carbocycles. The van der Waals surface area contributed by atoms with Crippen LogP contribution in [-0.4, -0.2) is 53.0 Å². The summed E-state index contributed by atoms with van der Waals surface area (Å²) < 4.78 is 33.1. The standard InChI is InChI=1S/C22H29N3O4S/c1-15-9-12-17(30(27,28)24-16-10-11-16)13-19(15)22(26)23-14-20(25(2)3)18-7-5-6-8-21(18)29-4/h5-9,12-13,16,20,24H,10-11,14H2,1-4H3,(H,23,26). The first-order chi connectivity index (χ1) is 14.2. The number of hydrogen-bond acceptors (Lipinski definition) is 5. The molecule has 162 valence electrons. The Morgan fingerprint density at radius 2 is 1.90 bits per heavy atom. The van der Waals surface area contributed by atoms with Crippen LogP contribution in [0.1, 0.15) is 40.4 Å². The maximum atomic E-state index is 12.9. The quantitative estimate of drug-likeness (QED) is 0.637. The number of likely N-dealkylation sites (N-methyl/N-ethyl adjacent to an activating group) is 1. The number of benzene rings is 2. The first-order valence-electron chi connectivity index (χ1n) is 9.93. The molecule has 0 aliphatic heterocycles. The van der Waals surface area contributed by atoms with Gasteiger partial charge in [0.15, 0.2) is 0 Å². The number of sulfonamides is 1. The summed E-state index contributed by atoms with van der Waals surface area (Å²) in [6.45, 7) is 2.15. The molecule has 2 aromatic carbocycles. The fourth-order valence-electron chi connectivity index (χ4n) is 3.30. The van der Waals surface area contributed by atoms with Crippen LogP contribution in [0.15, 0.2) is 47.4 Å². The summed E-state index contributed by atoms with van der Waals surface area (Å²) in [5.74, 6) is 0.443. The Morgan fingerprint density at radius 3 is 2.53 bits per heavy atom. The maximum absolute atomic E-state index is 12.9. The van der Waals surface area contributed by atoms with E-state index in [-0.39, 0.29) is 22.9 Å². The van der Waals surface area contributed by atoms with Crippen LogP contribution in [0.5, 0.6) is 5.75 Å². The molecule has 2 aromatic rings. The molecule has 8 heteroatoms. The Balaban J connectivity index is 1.78. The largest absolute Gasteiger partial charge is 0.496 e. The van der Waals surface area contributed by atoms with Crippen LogP contribution in [0.25, 0.3) is 0 Å². The van der Waals surface area contributed by atoms with E-state index >= 15 is 0 Å². The van der Waals surface area contributed by atoms with Gasteiger partial charge in [0, 0.05) is 23.7 Å². The van der Waals surface area contributed by atoms with Crippen molar-refractivity contribution in [2.45, 2.75) is 36.7 Å². The van der Waals surface area contributed by atoms with Crippen molar-refractivity contribution in [2.75, 3.05) is 27.7 Å². The molecular weight excluding hydrogens is 402 g/mol. The summed E-state index contributed by atoms with van der Waals surface area (Å²) >= 11 is 0. The van der Waals surface area contributed by atoms with Crippen molar-refractivity contribution in [3.05, 3.63) is 59.2 Å². The summed E-state index contributed by atoms with van der Waals surface area (Å²) in [7, 11) is 1.87. The van der Waals surface area contributed by atoms with Crippen LogP contribution in [0.2, 0.25) is 0 Å². The van der Waals surface area contributed by atoms with Crippen molar-refractivity contribution in [3.63, 3.8) is 0 Å². The smallest absolute Gasteiger partial charge is 0.251 e. The van der Waals surface area contributed by atoms with E-state index in [0.717, 1.165) is 29.7 Å². The third kappa shape index (κ3) is 5.19. The number of carbonyl (C=O) groups is 1. The number of nitrogens with zero attached hydrogens (tertiary/aromatic N) is 1. The third-order valence-corrected chi connectivity index (χ3v) is 6.76. The molecule has 0 saturated heterocycles. The first kappa shape index (κ1) is 22.3. The highest BCUT2D eigenvalue weighted by molar-refractivity contribution is 7.89. The molecule has 0 heterocycles. The first-order valence-corrected chi connectivity index (χ1v) is 11.4. The van der Waals surface area contributed by atoms with E-state index in [1.807, 2.05) is 43.3 Å². The van der Waals surface area contributed by atoms with E-state index in [1.165, 1.54) is 12.1 Å². The van der Waals surface area contributed by atoms with E-state index in [4.69, 9.17) is 4.74 Å². The number of methoxy groups -OCH3 is 1. The summed E-state index contributed by atoms with van der Waals surface area (Å²) in [4.78, 5) is 15.0. The Morgan fingerprint density at radius 1 is 1.20 bits per heavy atom. The van der Waals surface area contributed by atoms with Crippen LogP contribution in [0.4, 0.5) is 0 Å². The molecule has 1 fully saturated rings. The summed E-state index contributed by atoms with van der Waals surface area (Å²) in [6, 6.07) is 12.2.